The molecule has 1 N–H and O–H groups in total. The van der Waals surface area contributed by atoms with Gasteiger partial charge in [-0.3, -0.25) is 0 Å². The van der Waals surface area contributed by atoms with E-state index in [4.69, 9.17) is 0 Å². The van der Waals surface area contributed by atoms with Crippen LogP contribution in [0.2, 0.25) is 0 Å². The molecule has 0 saturated heterocycles. The largest absolute Gasteiger partial charge is 0.320 e. The van der Waals surface area contributed by atoms with Crippen LogP contribution >= 0.6 is 0 Å². The minimum absolute atomic E-state index is 0.474. The number of rotatable bonds is 12. The highest BCUT2D eigenvalue weighted by Gasteiger charge is 2.30. The van der Waals surface area contributed by atoms with Crippen LogP contribution < -0.4 is 5.32 Å². The summed E-state index contributed by atoms with van der Waals surface area (Å²) in [7, 11) is 2.05. The van der Waals surface area contributed by atoms with Crippen molar-refractivity contribution in [3.8, 4) is 0 Å². The van der Waals surface area contributed by atoms with Crippen molar-refractivity contribution in [3.05, 3.63) is 0 Å². The highest BCUT2D eigenvalue weighted by atomic mass is 14.8. The molecule has 0 bridgehead atoms. The Labute approximate surface area is 129 Å². The normalized spacial score (nSPS) is 15.3. The Hall–Kier alpha value is -0.0400. The molecule has 1 nitrogen and oxygen atoms in total. The predicted molar refractivity (Wildman–Crippen MR) is 93.3 cm³/mol. The van der Waals surface area contributed by atoms with Gasteiger partial charge in [-0.25, -0.2) is 0 Å². The van der Waals surface area contributed by atoms with E-state index in [0.717, 1.165) is 11.8 Å². The van der Waals surface area contributed by atoms with E-state index in [0.29, 0.717) is 5.41 Å². The van der Waals surface area contributed by atoms with Crippen molar-refractivity contribution in [1.29, 1.82) is 0 Å². The third-order valence-electron chi connectivity index (χ3n) is 4.83. The first kappa shape index (κ1) is 20.0. The van der Waals surface area contributed by atoms with Crippen molar-refractivity contribution in [2.45, 2.75) is 92.4 Å². The summed E-state index contributed by atoms with van der Waals surface area (Å²) >= 11 is 0. The minimum Gasteiger partial charge on any atom is -0.320 e. The summed E-state index contributed by atoms with van der Waals surface area (Å²) in [4.78, 5) is 0. The number of hydrogen-bond acceptors (Lipinski definition) is 1. The van der Waals surface area contributed by atoms with Gasteiger partial charge < -0.3 is 5.32 Å². The maximum absolute atomic E-state index is 3.24. The van der Waals surface area contributed by atoms with Crippen LogP contribution in [0.4, 0.5) is 0 Å². The monoisotopic (exact) mass is 283 g/mol. The zero-order valence-corrected chi connectivity index (χ0v) is 15.2. The van der Waals surface area contributed by atoms with Gasteiger partial charge in [0.1, 0.15) is 0 Å². The molecule has 1 heteroatoms. The molecule has 0 saturated carbocycles. The Bertz CT molecular complexity index is 204. The van der Waals surface area contributed by atoms with Crippen molar-refractivity contribution in [1.82, 2.24) is 5.32 Å². The van der Waals surface area contributed by atoms with Gasteiger partial charge in [0.2, 0.25) is 0 Å². The van der Waals surface area contributed by atoms with E-state index in [1.807, 2.05) is 0 Å². The van der Waals surface area contributed by atoms with E-state index in [9.17, 15) is 0 Å². The first-order valence-corrected chi connectivity index (χ1v) is 9.11. The Morgan fingerprint density at radius 2 is 1.50 bits per heavy atom. The van der Waals surface area contributed by atoms with Gasteiger partial charge >= 0.3 is 0 Å². The van der Waals surface area contributed by atoms with E-state index in [-0.39, 0.29) is 0 Å². The first-order chi connectivity index (χ1) is 9.47. The SMILES string of the molecule is CCCCC(C(CC)CCCCCCNC)C(C)(C)C. The second-order valence-electron chi connectivity index (χ2n) is 7.59. The van der Waals surface area contributed by atoms with Crippen LogP contribution in [0.5, 0.6) is 0 Å². The lowest BCUT2D eigenvalue weighted by Crippen LogP contribution is -2.28. The van der Waals surface area contributed by atoms with Gasteiger partial charge in [-0.15, -0.1) is 0 Å². The maximum atomic E-state index is 3.24. The van der Waals surface area contributed by atoms with Crippen LogP contribution in [-0.2, 0) is 0 Å². The summed E-state index contributed by atoms with van der Waals surface area (Å²) in [5, 5.41) is 3.24. The Kier molecular flexibility index (Phi) is 11.6. The quantitative estimate of drug-likeness (QED) is 0.431. The van der Waals surface area contributed by atoms with E-state index in [1.54, 1.807) is 0 Å². The summed E-state index contributed by atoms with van der Waals surface area (Å²) in [5.41, 5.74) is 0.474. The van der Waals surface area contributed by atoms with E-state index in [2.05, 4.69) is 47.0 Å². The van der Waals surface area contributed by atoms with Gasteiger partial charge in [0, 0.05) is 0 Å². The third kappa shape index (κ3) is 9.00. The van der Waals surface area contributed by atoms with Crippen molar-refractivity contribution in [2.75, 3.05) is 13.6 Å². The van der Waals surface area contributed by atoms with Crippen LogP contribution in [0.1, 0.15) is 92.4 Å². The van der Waals surface area contributed by atoms with Gasteiger partial charge in [0.25, 0.3) is 0 Å². The lowest BCUT2D eigenvalue weighted by atomic mass is 9.68. The summed E-state index contributed by atoms with van der Waals surface area (Å²) in [5.74, 6) is 1.84. The molecule has 0 aliphatic rings. The summed E-state index contributed by atoms with van der Waals surface area (Å²) in [6.07, 6.45) is 12.6. The van der Waals surface area contributed by atoms with Crippen molar-refractivity contribution >= 4 is 0 Å². The van der Waals surface area contributed by atoms with Gasteiger partial charge in [-0.1, -0.05) is 79.6 Å². The Balaban J connectivity index is 4.16. The molecule has 0 aliphatic carbocycles. The molecule has 0 aliphatic heterocycles. The lowest BCUT2D eigenvalue weighted by molar-refractivity contribution is 0.129. The maximum Gasteiger partial charge on any atom is -0.00519 e. The van der Waals surface area contributed by atoms with Gasteiger partial charge in [-0.2, -0.15) is 0 Å². The standard InChI is InChI=1S/C19H41N/c1-7-9-15-18(19(3,4)5)17(8-2)14-12-10-11-13-16-20-6/h17-18,20H,7-16H2,1-6H3. The van der Waals surface area contributed by atoms with Gasteiger partial charge in [0.05, 0.1) is 0 Å². The zero-order chi connectivity index (χ0) is 15.4. The molecule has 0 spiro atoms. The average molecular weight is 284 g/mol. The molecule has 0 radical (unpaired) electrons. The van der Waals surface area contributed by atoms with Crippen LogP contribution in [0.3, 0.4) is 0 Å². The molecule has 0 amide bonds. The molecule has 0 heterocycles. The molecule has 0 aromatic rings. The molecule has 0 aromatic carbocycles. The van der Waals surface area contributed by atoms with E-state index < -0.39 is 0 Å². The summed E-state index contributed by atoms with van der Waals surface area (Å²) in [6.45, 7) is 13.2. The fourth-order valence-corrected chi connectivity index (χ4v) is 3.55. The molecule has 20 heavy (non-hydrogen) atoms. The fourth-order valence-electron chi connectivity index (χ4n) is 3.55. The highest BCUT2D eigenvalue weighted by Crippen LogP contribution is 2.39. The molecule has 2 atom stereocenters. The fraction of sp³-hybridized carbons (Fsp3) is 1.00. The topological polar surface area (TPSA) is 12.0 Å². The van der Waals surface area contributed by atoms with Crippen molar-refractivity contribution in [2.24, 2.45) is 17.3 Å². The Morgan fingerprint density at radius 3 is 2.00 bits per heavy atom. The number of nitrogens with one attached hydrogen (secondary N) is 1. The van der Waals surface area contributed by atoms with Gasteiger partial charge in [-0.05, 0) is 43.7 Å². The molecule has 0 aromatic heterocycles. The first-order valence-electron chi connectivity index (χ1n) is 9.11. The van der Waals surface area contributed by atoms with Crippen LogP contribution in [0.15, 0.2) is 0 Å². The summed E-state index contributed by atoms with van der Waals surface area (Å²) in [6, 6.07) is 0. The molecule has 0 rings (SSSR count). The second-order valence-corrected chi connectivity index (χ2v) is 7.59. The third-order valence-corrected chi connectivity index (χ3v) is 4.83. The number of hydrogen-bond donors (Lipinski definition) is 1. The number of unbranched alkanes of at least 4 members (excludes halogenated alkanes) is 4. The lowest BCUT2D eigenvalue weighted by Gasteiger charge is -2.37. The second kappa shape index (κ2) is 11.6. The molecule has 122 valence electrons. The predicted octanol–water partition coefficient (Wildman–Crippen LogP) is 6.04. The molecular weight excluding hydrogens is 242 g/mol. The molecule has 2 unspecified atom stereocenters. The van der Waals surface area contributed by atoms with E-state index in [1.165, 1.54) is 64.3 Å². The highest BCUT2D eigenvalue weighted by molar-refractivity contribution is 4.80. The Morgan fingerprint density at radius 1 is 0.850 bits per heavy atom. The van der Waals surface area contributed by atoms with Crippen molar-refractivity contribution in [3.63, 3.8) is 0 Å². The van der Waals surface area contributed by atoms with Gasteiger partial charge in [0.15, 0.2) is 0 Å². The minimum atomic E-state index is 0.474. The van der Waals surface area contributed by atoms with E-state index >= 15 is 0 Å². The van der Waals surface area contributed by atoms with Crippen LogP contribution in [-0.4, -0.2) is 13.6 Å². The smallest absolute Gasteiger partial charge is 0.00519 e. The molecule has 0 fully saturated rings. The van der Waals surface area contributed by atoms with Crippen LogP contribution in [0.25, 0.3) is 0 Å². The molecular formula is C19H41N. The summed E-state index contributed by atoms with van der Waals surface area (Å²) < 4.78 is 0. The van der Waals surface area contributed by atoms with Crippen LogP contribution in [0, 0.1) is 17.3 Å². The van der Waals surface area contributed by atoms with Crippen molar-refractivity contribution < 1.29 is 0 Å². The zero-order valence-electron chi connectivity index (χ0n) is 15.2. The average Bonchev–Trinajstić information content (AvgIpc) is 2.39.